The molecular formula is C24H30N4O7S. The summed E-state index contributed by atoms with van der Waals surface area (Å²) in [7, 11) is -4.54. The van der Waals surface area contributed by atoms with Gasteiger partial charge in [0.15, 0.2) is 9.84 Å². The molecule has 12 heteroatoms. The fourth-order valence-electron chi connectivity index (χ4n) is 3.57. The third-order valence-corrected chi connectivity index (χ3v) is 7.20. The zero-order chi connectivity index (χ0) is 27.1. The van der Waals surface area contributed by atoms with E-state index in [1.54, 1.807) is 51.1 Å². The Morgan fingerprint density at radius 3 is 2.42 bits per heavy atom. The quantitative estimate of drug-likeness (QED) is 0.314. The molecule has 0 saturated carbocycles. The first kappa shape index (κ1) is 28.7. The number of carbonyl (C=O) groups excluding carboxylic acids is 1. The number of nitro benzene ring substituents is 1. The predicted molar refractivity (Wildman–Crippen MR) is 132 cm³/mol. The standard InChI is InChI=1S/C24H30N4O7S/c1-24(2,3)35-23(30)27-18(15-16-9-5-4-6-10-16)21(29)22(26)36(33,34)20-13-7-12-19(28(31)32)17(20)11-8-14-25/h4-7,9-10,12-13,18,21-22,29H,8,11,15,26H2,1-3H3,(H,27,30)/t18-,21+,22?/m0/s1. The Morgan fingerprint density at radius 1 is 1.22 bits per heavy atom. The molecule has 0 bridgehead atoms. The molecule has 0 radical (unpaired) electrons. The highest BCUT2D eigenvalue weighted by Crippen LogP contribution is 2.30. The number of alkyl carbamates (subject to hydrolysis) is 1. The number of aliphatic hydroxyl groups is 1. The van der Waals surface area contributed by atoms with Crippen LogP contribution in [0.3, 0.4) is 0 Å². The molecule has 0 saturated heterocycles. The molecule has 0 aliphatic heterocycles. The number of benzene rings is 2. The Bertz CT molecular complexity index is 1220. The van der Waals surface area contributed by atoms with Crippen LogP contribution in [0, 0.1) is 21.4 Å². The van der Waals surface area contributed by atoms with Crippen LogP contribution in [-0.4, -0.2) is 47.7 Å². The summed E-state index contributed by atoms with van der Waals surface area (Å²) >= 11 is 0. The van der Waals surface area contributed by atoms with Gasteiger partial charge in [0.05, 0.1) is 21.9 Å². The number of amides is 1. The number of hydrogen-bond acceptors (Lipinski definition) is 9. The van der Waals surface area contributed by atoms with Gasteiger partial charge in [0.1, 0.15) is 17.1 Å². The lowest BCUT2D eigenvalue weighted by atomic mass is 10.0. The molecule has 2 rings (SSSR count). The molecule has 4 N–H and O–H groups in total. The van der Waals surface area contributed by atoms with E-state index in [2.05, 4.69) is 5.32 Å². The minimum absolute atomic E-state index is 0.0285. The van der Waals surface area contributed by atoms with Crippen LogP contribution in [0.25, 0.3) is 0 Å². The molecule has 0 aromatic heterocycles. The van der Waals surface area contributed by atoms with E-state index in [1.165, 1.54) is 6.07 Å². The van der Waals surface area contributed by atoms with Gasteiger partial charge in [-0.15, -0.1) is 0 Å². The summed E-state index contributed by atoms with van der Waals surface area (Å²) in [4.78, 5) is 22.8. The maximum atomic E-state index is 13.5. The molecule has 0 spiro atoms. The van der Waals surface area contributed by atoms with E-state index in [-0.39, 0.29) is 24.8 Å². The molecule has 2 aromatic rings. The molecule has 3 atom stereocenters. The fraction of sp³-hybridized carbons (Fsp3) is 0.417. The molecule has 1 amide bonds. The average molecular weight is 519 g/mol. The second-order valence-corrected chi connectivity index (χ2v) is 11.2. The maximum Gasteiger partial charge on any atom is 0.407 e. The number of rotatable bonds is 10. The lowest BCUT2D eigenvalue weighted by molar-refractivity contribution is -0.385. The van der Waals surface area contributed by atoms with Gasteiger partial charge in [-0.2, -0.15) is 5.26 Å². The number of aliphatic hydroxyl groups excluding tert-OH is 1. The van der Waals surface area contributed by atoms with Gasteiger partial charge < -0.3 is 20.9 Å². The Morgan fingerprint density at radius 2 is 1.86 bits per heavy atom. The molecule has 11 nitrogen and oxygen atoms in total. The van der Waals surface area contributed by atoms with E-state index < -0.39 is 54.6 Å². The lowest BCUT2D eigenvalue weighted by Gasteiger charge is -2.30. The predicted octanol–water partition coefficient (Wildman–Crippen LogP) is 2.61. The first-order valence-electron chi connectivity index (χ1n) is 11.1. The lowest BCUT2D eigenvalue weighted by Crippen LogP contribution is -2.55. The second kappa shape index (κ2) is 11.9. The number of nitrogens with two attached hydrogens (primary N) is 1. The van der Waals surface area contributed by atoms with Gasteiger partial charge in [0, 0.05) is 18.1 Å². The third kappa shape index (κ3) is 7.48. The number of nitro groups is 1. The highest BCUT2D eigenvalue weighted by molar-refractivity contribution is 7.92. The number of sulfone groups is 1. The summed E-state index contributed by atoms with van der Waals surface area (Å²) in [5, 5.41) is 32.1. The normalized spacial score (nSPS) is 14.2. The fourth-order valence-corrected chi connectivity index (χ4v) is 5.24. The van der Waals surface area contributed by atoms with Gasteiger partial charge in [-0.25, -0.2) is 13.2 Å². The van der Waals surface area contributed by atoms with E-state index in [0.29, 0.717) is 5.56 Å². The van der Waals surface area contributed by atoms with Crippen LogP contribution < -0.4 is 11.1 Å². The Balaban J connectivity index is 2.46. The van der Waals surface area contributed by atoms with E-state index in [1.807, 2.05) is 6.07 Å². The SMILES string of the molecule is CC(C)(C)OC(=O)N[C@@H](Cc1ccccc1)[C@@H](O)C(N)S(=O)(=O)c1cccc([N+](=O)[O-])c1CCC#N. The molecule has 0 heterocycles. The van der Waals surface area contributed by atoms with Crippen molar-refractivity contribution in [1.29, 1.82) is 5.26 Å². The second-order valence-electron chi connectivity index (χ2n) is 9.11. The number of nitrogens with zero attached hydrogens (tertiary/aromatic N) is 2. The first-order chi connectivity index (χ1) is 16.8. The molecule has 1 unspecified atom stereocenters. The highest BCUT2D eigenvalue weighted by atomic mass is 32.2. The first-order valence-corrected chi connectivity index (χ1v) is 12.7. The van der Waals surface area contributed by atoms with Crippen LogP contribution in [0.15, 0.2) is 53.4 Å². The van der Waals surface area contributed by atoms with Crippen LogP contribution in [0.1, 0.15) is 38.3 Å². The number of carbonyl (C=O) groups is 1. The van der Waals surface area contributed by atoms with Crippen molar-refractivity contribution in [1.82, 2.24) is 5.32 Å². The van der Waals surface area contributed by atoms with Crippen molar-refractivity contribution in [2.24, 2.45) is 5.73 Å². The topological polar surface area (TPSA) is 186 Å². The van der Waals surface area contributed by atoms with Crippen LogP contribution in [0.4, 0.5) is 10.5 Å². The van der Waals surface area contributed by atoms with E-state index >= 15 is 0 Å². The average Bonchev–Trinajstić information content (AvgIpc) is 2.80. The zero-order valence-corrected chi connectivity index (χ0v) is 21.1. The smallest absolute Gasteiger partial charge is 0.407 e. The minimum Gasteiger partial charge on any atom is -0.444 e. The van der Waals surface area contributed by atoms with Gasteiger partial charge >= 0.3 is 6.09 Å². The zero-order valence-electron chi connectivity index (χ0n) is 20.2. The summed E-state index contributed by atoms with van der Waals surface area (Å²) < 4.78 is 32.2. The largest absolute Gasteiger partial charge is 0.444 e. The molecular weight excluding hydrogens is 488 g/mol. The van der Waals surface area contributed by atoms with E-state index in [0.717, 1.165) is 12.1 Å². The summed E-state index contributed by atoms with van der Waals surface area (Å²) in [6.07, 6.45) is -3.03. The van der Waals surface area contributed by atoms with Crippen LogP contribution >= 0.6 is 0 Å². The van der Waals surface area contributed by atoms with Crippen LogP contribution in [0.2, 0.25) is 0 Å². The third-order valence-electron chi connectivity index (χ3n) is 5.21. The van der Waals surface area contributed by atoms with Gasteiger partial charge in [0.25, 0.3) is 5.69 Å². The van der Waals surface area contributed by atoms with Gasteiger partial charge in [-0.05, 0) is 45.2 Å². The van der Waals surface area contributed by atoms with Crippen molar-refractivity contribution in [3.05, 3.63) is 69.8 Å². The summed E-state index contributed by atoms with van der Waals surface area (Å²) in [5.74, 6) is 0. The van der Waals surface area contributed by atoms with E-state index in [4.69, 9.17) is 15.7 Å². The summed E-state index contributed by atoms with van der Waals surface area (Å²) in [6, 6.07) is 12.9. The van der Waals surface area contributed by atoms with Crippen molar-refractivity contribution in [2.75, 3.05) is 0 Å². The van der Waals surface area contributed by atoms with Crippen molar-refractivity contribution in [3.8, 4) is 6.07 Å². The molecule has 0 aliphatic rings. The molecule has 0 aliphatic carbocycles. The maximum absolute atomic E-state index is 13.5. The molecule has 0 fully saturated rings. The molecule has 36 heavy (non-hydrogen) atoms. The molecule has 194 valence electrons. The van der Waals surface area contributed by atoms with Gasteiger partial charge in [0.2, 0.25) is 0 Å². The number of nitriles is 1. The highest BCUT2D eigenvalue weighted by Gasteiger charge is 2.39. The monoisotopic (exact) mass is 518 g/mol. The number of hydrogen-bond donors (Lipinski definition) is 3. The van der Waals surface area contributed by atoms with Crippen molar-refractivity contribution >= 4 is 21.6 Å². The number of ether oxygens (including phenoxy) is 1. The van der Waals surface area contributed by atoms with Crippen molar-refractivity contribution in [3.63, 3.8) is 0 Å². The van der Waals surface area contributed by atoms with Crippen molar-refractivity contribution < 1.29 is 28.0 Å². The van der Waals surface area contributed by atoms with Gasteiger partial charge in [-0.3, -0.25) is 10.1 Å². The van der Waals surface area contributed by atoms with Gasteiger partial charge in [-0.1, -0.05) is 36.4 Å². The van der Waals surface area contributed by atoms with Crippen LogP contribution in [-0.2, 0) is 27.4 Å². The van der Waals surface area contributed by atoms with Crippen LogP contribution in [0.5, 0.6) is 0 Å². The summed E-state index contributed by atoms with van der Waals surface area (Å²) in [6.45, 7) is 4.95. The number of nitrogens with one attached hydrogen (secondary N) is 1. The minimum atomic E-state index is -4.54. The van der Waals surface area contributed by atoms with E-state index in [9.17, 15) is 28.4 Å². The Kier molecular flexibility index (Phi) is 9.52. The Labute approximate surface area is 209 Å². The Hall–Kier alpha value is -3.53. The summed E-state index contributed by atoms with van der Waals surface area (Å²) in [5.41, 5.74) is 5.24. The van der Waals surface area contributed by atoms with Crippen molar-refractivity contribution in [2.45, 2.75) is 68.0 Å². The molecule has 2 aromatic carbocycles.